The number of unbranched alkanes of at least 4 members (excludes halogenated alkanes) is 7. The van der Waals surface area contributed by atoms with E-state index in [-0.39, 0.29) is 0 Å². The van der Waals surface area contributed by atoms with E-state index in [4.69, 9.17) is 0 Å². The first-order valence-electron chi connectivity index (χ1n) is 13.0. The Morgan fingerprint density at radius 3 is 2.21 bits per heavy atom. The summed E-state index contributed by atoms with van der Waals surface area (Å²) in [4.78, 5) is 0. The quantitative estimate of drug-likeness (QED) is 0.290. The number of rotatable bonds is 15. The maximum atomic E-state index is 3.68. The van der Waals surface area contributed by atoms with Crippen LogP contribution in [0.25, 0.3) is 0 Å². The number of benzene rings is 1. The van der Waals surface area contributed by atoms with Crippen molar-refractivity contribution in [2.45, 2.75) is 130 Å². The molecule has 1 heteroatoms. The van der Waals surface area contributed by atoms with Crippen LogP contribution in [0.5, 0.6) is 0 Å². The first kappa shape index (κ1) is 24.3. The molecule has 1 aliphatic carbocycles. The first-order valence-corrected chi connectivity index (χ1v) is 13.0. The topological polar surface area (TPSA) is 12.0 Å². The lowest BCUT2D eigenvalue weighted by Crippen LogP contribution is -2.25. The number of aryl methyl sites for hydroxylation is 2. The maximum absolute atomic E-state index is 3.68. The number of hydrogen-bond acceptors (Lipinski definition) is 1. The highest BCUT2D eigenvalue weighted by Gasteiger charge is 2.30. The summed E-state index contributed by atoms with van der Waals surface area (Å²) in [6.07, 6.45) is 23.9. The van der Waals surface area contributed by atoms with Crippen LogP contribution in [0.15, 0.2) is 18.2 Å². The third-order valence-electron chi connectivity index (χ3n) is 7.31. The fraction of sp³-hybridized carbons (Fsp3) is 0.786. The summed E-state index contributed by atoms with van der Waals surface area (Å²) in [6, 6.07) is 7.18. The van der Waals surface area contributed by atoms with Gasteiger partial charge in [0.25, 0.3) is 0 Å². The zero-order valence-electron chi connectivity index (χ0n) is 20.0. The molecule has 29 heavy (non-hydrogen) atoms. The molecule has 1 fully saturated rings. The van der Waals surface area contributed by atoms with Crippen molar-refractivity contribution < 1.29 is 0 Å². The van der Waals surface area contributed by atoms with Crippen LogP contribution in [-0.2, 0) is 6.42 Å². The van der Waals surface area contributed by atoms with Gasteiger partial charge in [0.05, 0.1) is 0 Å². The molecule has 0 saturated heterocycles. The molecule has 0 radical (unpaired) electrons. The second-order valence-electron chi connectivity index (χ2n) is 9.86. The Morgan fingerprint density at radius 2 is 1.48 bits per heavy atom. The average Bonchev–Trinajstić information content (AvgIpc) is 2.74. The lowest BCUT2D eigenvalue weighted by molar-refractivity contribution is 0.152. The minimum atomic E-state index is 0.649. The third kappa shape index (κ3) is 9.14. The van der Waals surface area contributed by atoms with Crippen molar-refractivity contribution in [3.05, 3.63) is 29.3 Å². The molecule has 1 aliphatic rings. The van der Waals surface area contributed by atoms with Crippen LogP contribution < -0.4 is 5.32 Å². The normalized spacial score (nSPS) is 16.1. The van der Waals surface area contributed by atoms with Gasteiger partial charge < -0.3 is 5.32 Å². The largest absolute Gasteiger partial charge is 0.385 e. The highest BCUT2D eigenvalue weighted by atomic mass is 14.9. The van der Waals surface area contributed by atoms with E-state index in [1.807, 2.05) is 0 Å². The molecule has 0 amide bonds. The molecule has 0 aromatic heterocycles. The Morgan fingerprint density at radius 1 is 0.793 bits per heavy atom. The van der Waals surface area contributed by atoms with E-state index < -0.39 is 0 Å². The number of nitrogens with one attached hydrogen (secondary N) is 1. The van der Waals surface area contributed by atoms with Crippen LogP contribution in [0.3, 0.4) is 0 Å². The van der Waals surface area contributed by atoms with E-state index in [0.29, 0.717) is 5.41 Å². The smallest absolute Gasteiger partial charge is 0.0370 e. The second-order valence-corrected chi connectivity index (χ2v) is 9.86. The molecule has 0 atom stereocenters. The molecular formula is C28H49N. The van der Waals surface area contributed by atoms with E-state index in [2.05, 4.69) is 44.3 Å². The highest BCUT2D eigenvalue weighted by Crippen LogP contribution is 2.44. The summed E-state index contributed by atoms with van der Waals surface area (Å²) in [5, 5.41) is 3.68. The van der Waals surface area contributed by atoms with E-state index in [0.717, 1.165) is 6.54 Å². The van der Waals surface area contributed by atoms with Gasteiger partial charge in [-0.25, -0.2) is 0 Å². The molecule has 1 saturated carbocycles. The summed E-state index contributed by atoms with van der Waals surface area (Å²) in [5.74, 6) is 0. The summed E-state index contributed by atoms with van der Waals surface area (Å²) in [7, 11) is 0. The average molecular weight is 400 g/mol. The summed E-state index contributed by atoms with van der Waals surface area (Å²) in [6.45, 7) is 8.02. The van der Waals surface area contributed by atoms with E-state index in [1.165, 1.54) is 120 Å². The Bertz CT molecular complexity index is 541. The van der Waals surface area contributed by atoms with Gasteiger partial charge in [-0.2, -0.15) is 0 Å². The lowest BCUT2D eigenvalue weighted by atomic mass is 9.68. The van der Waals surface area contributed by atoms with Gasteiger partial charge >= 0.3 is 0 Å². The van der Waals surface area contributed by atoms with Gasteiger partial charge in [0, 0.05) is 12.2 Å². The van der Waals surface area contributed by atoms with Crippen LogP contribution in [0.1, 0.15) is 128 Å². The van der Waals surface area contributed by atoms with Crippen LogP contribution >= 0.6 is 0 Å². The SMILES string of the molecule is CCCCCCCCNc1ccc(CCC2(CCCCC)CCCCC2)cc1C. The minimum Gasteiger partial charge on any atom is -0.385 e. The zero-order valence-corrected chi connectivity index (χ0v) is 20.0. The second kappa shape index (κ2) is 14.1. The van der Waals surface area contributed by atoms with Crippen molar-refractivity contribution in [1.82, 2.24) is 0 Å². The fourth-order valence-electron chi connectivity index (χ4n) is 5.29. The van der Waals surface area contributed by atoms with Crippen molar-refractivity contribution >= 4 is 5.69 Å². The molecule has 0 spiro atoms. The number of hydrogen-bond donors (Lipinski definition) is 1. The Labute approximate surface area is 182 Å². The highest BCUT2D eigenvalue weighted by molar-refractivity contribution is 5.52. The Kier molecular flexibility index (Phi) is 11.8. The van der Waals surface area contributed by atoms with Gasteiger partial charge in [-0.1, -0.05) is 96.6 Å². The summed E-state index contributed by atoms with van der Waals surface area (Å²) in [5.41, 5.74) is 4.97. The van der Waals surface area contributed by atoms with Crippen molar-refractivity contribution in [2.75, 3.05) is 11.9 Å². The van der Waals surface area contributed by atoms with Crippen LogP contribution in [0, 0.1) is 12.3 Å². The Balaban J connectivity index is 1.78. The van der Waals surface area contributed by atoms with Gasteiger partial charge in [-0.15, -0.1) is 0 Å². The van der Waals surface area contributed by atoms with Crippen LogP contribution in [0.2, 0.25) is 0 Å². The van der Waals surface area contributed by atoms with Gasteiger partial charge in [0.15, 0.2) is 0 Å². The minimum absolute atomic E-state index is 0.649. The molecule has 0 bridgehead atoms. The fourth-order valence-corrected chi connectivity index (χ4v) is 5.29. The Hall–Kier alpha value is -0.980. The van der Waals surface area contributed by atoms with Gasteiger partial charge in [0.1, 0.15) is 0 Å². The molecule has 0 unspecified atom stereocenters. The molecular weight excluding hydrogens is 350 g/mol. The maximum Gasteiger partial charge on any atom is 0.0370 e. The predicted octanol–water partition coefficient (Wildman–Crippen LogP) is 9.23. The summed E-state index contributed by atoms with van der Waals surface area (Å²) >= 11 is 0. The standard InChI is InChI=1S/C28H49N/c1-4-6-8-9-10-15-23-29-27-17-16-26(24-25(27)3)18-22-28(19-12-7-5-2)20-13-11-14-21-28/h16-17,24,29H,4-15,18-23H2,1-3H3. The lowest BCUT2D eigenvalue weighted by Gasteiger charge is -2.38. The van der Waals surface area contributed by atoms with Crippen molar-refractivity contribution in [2.24, 2.45) is 5.41 Å². The predicted molar refractivity (Wildman–Crippen MR) is 131 cm³/mol. The third-order valence-corrected chi connectivity index (χ3v) is 7.31. The first-order chi connectivity index (χ1) is 14.2. The van der Waals surface area contributed by atoms with Crippen molar-refractivity contribution in [1.29, 1.82) is 0 Å². The molecule has 0 heterocycles. The van der Waals surface area contributed by atoms with Gasteiger partial charge in [0.2, 0.25) is 0 Å². The van der Waals surface area contributed by atoms with Gasteiger partial charge in [-0.3, -0.25) is 0 Å². The molecule has 166 valence electrons. The molecule has 1 nitrogen and oxygen atoms in total. The zero-order chi connectivity index (χ0) is 20.8. The summed E-state index contributed by atoms with van der Waals surface area (Å²) < 4.78 is 0. The van der Waals surface area contributed by atoms with E-state index in [9.17, 15) is 0 Å². The number of anilines is 1. The van der Waals surface area contributed by atoms with Crippen LogP contribution in [0.4, 0.5) is 5.69 Å². The monoisotopic (exact) mass is 399 g/mol. The molecule has 2 rings (SSSR count). The molecule has 1 N–H and O–H groups in total. The van der Waals surface area contributed by atoms with E-state index >= 15 is 0 Å². The van der Waals surface area contributed by atoms with E-state index in [1.54, 1.807) is 5.56 Å². The molecule has 0 aliphatic heterocycles. The van der Waals surface area contributed by atoms with Gasteiger partial charge in [-0.05, 0) is 68.1 Å². The van der Waals surface area contributed by atoms with Crippen molar-refractivity contribution in [3.8, 4) is 0 Å². The molecule has 1 aromatic carbocycles. The molecule has 1 aromatic rings. The van der Waals surface area contributed by atoms with Crippen LogP contribution in [-0.4, -0.2) is 6.54 Å². The van der Waals surface area contributed by atoms with Crippen molar-refractivity contribution in [3.63, 3.8) is 0 Å².